The molecule has 0 fully saturated rings. The molecule has 2 aromatic rings. The third-order valence-electron chi connectivity index (χ3n) is 2.86. The van der Waals surface area contributed by atoms with Crippen molar-refractivity contribution in [1.82, 2.24) is 9.13 Å². The third-order valence-corrected chi connectivity index (χ3v) is 3.08. The van der Waals surface area contributed by atoms with Crippen LogP contribution in [-0.2, 0) is 20.6 Å². The highest BCUT2D eigenvalue weighted by molar-refractivity contribution is 6.30. The number of nitrogens with one attached hydrogen (secondary N) is 1. The summed E-state index contributed by atoms with van der Waals surface area (Å²) in [6, 6.07) is 4.02. The van der Waals surface area contributed by atoms with E-state index < -0.39 is 11.5 Å². The van der Waals surface area contributed by atoms with Crippen molar-refractivity contribution >= 4 is 17.3 Å². The minimum Gasteiger partial charge on any atom is -0.381 e. The molecule has 0 unspecified atom stereocenters. The number of benzene rings is 1. The summed E-state index contributed by atoms with van der Waals surface area (Å²) >= 11 is 5.74. The summed E-state index contributed by atoms with van der Waals surface area (Å²) in [4.78, 5) is 23.5. The van der Waals surface area contributed by atoms with Gasteiger partial charge in [0.2, 0.25) is 0 Å². The zero-order valence-electron chi connectivity index (χ0n) is 11.0. The van der Waals surface area contributed by atoms with Gasteiger partial charge in [-0.3, -0.25) is 9.36 Å². The van der Waals surface area contributed by atoms with Crippen molar-refractivity contribution in [3.63, 3.8) is 0 Å². The molecule has 0 aliphatic carbocycles. The molecule has 0 aliphatic rings. The van der Waals surface area contributed by atoms with Gasteiger partial charge in [-0.05, 0) is 18.2 Å². The van der Waals surface area contributed by atoms with Crippen molar-refractivity contribution < 1.29 is 4.39 Å². The average Bonchev–Trinajstić information content (AvgIpc) is 2.38. The maximum atomic E-state index is 13.2. The van der Waals surface area contributed by atoms with Crippen molar-refractivity contribution in [3.05, 3.63) is 61.6 Å². The van der Waals surface area contributed by atoms with E-state index in [1.807, 2.05) is 0 Å². The Kier molecular flexibility index (Phi) is 3.94. The van der Waals surface area contributed by atoms with E-state index in [0.29, 0.717) is 11.3 Å². The molecular weight excluding hydrogens is 285 g/mol. The summed E-state index contributed by atoms with van der Waals surface area (Å²) in [6.07, 6.45) is 1.46. The second-order valence-electron chi connectivity index (χ2n) is 4.42. The summed E-state index contributed by atoms with van der Waals surface area (Å²) in [7, 11) is 2.97. The van der Waals surface area contributed by atoms with Crippen LogP contribution in [0.25, 0.3) is 0 Å². The molecule has 1 aromatic heterocycles. The monoisotopic (exact) mass is 297 g/mol. The molecule has 106 valence electrons. The molecule has 0 saturated heterocycles. The van der Waals surface area contributed by atoms with Crippen molar-refractivity contribution in [2.75, 3.05) is 5.32 Å². The van der Waals surface area contributed by atoms with Crippen molar-refractivity contribution in [1.29, 1.82) is 0 Å². The van der Waals surface area contributed by atoms with E-state index in [-0.39, 0.29) is 17.1 Å². The van der Waals surface area contributed by atoms with Gasteiger partial charge in [-0.25, -0.2) is 9.18 Å². The van der Waals surface area contributed by atoms with E-state index in [4.69, 9.17) is 11.6 Å². The van der Waals surface area contributed by atoms with Crippen LogP contribution in [0.15, 0.2) is 34.0 Å². The first-order valence-corrected chi connectivity index (χ1v) is 6.22. The van der Waals surface area contributed by atoms with Crippen LogP contribution in [-0.4, -0.2) is 9.13 Å². The van der Waals surface area contributed by atoms with Gasteiger partial charge in [-0.1, -0.05) is 11.6 Å². The standard InChI is InChI=1S/C13H13ClFN3O2/c1-17-7-8(12(19)18(2)13(17)20)6-16-11-4-9(14)3-10(15)5-11/h3-5,7,16H,6H2,1-2H3. The van der Waals surface area contributed by atoms with E-state index in [0.717, 1.165) is 4.57 Å². The highest BCUT2D eigenvalue weighted by Gasteiger charge is 2.07. The highest BCUT2D eigenvalue weighted by atomic mass is 35.5. The van der Waals surface area contributed by atoms with Gasteiger partial charge in [0, 0.05) is 37.5 Å². The predicted molar refractivity (Wildman–Crippen MR) is 75.7 cm³/mol. The molecule has 7 heteroatoms. The predicted octanol–water partition coefficient (Wildman–Crippen LogP) is 1.49. The lowest BCUT2D eigenvalue weighted by Crippen LogP contribution is -2.38. The van der Waals surface area contributed by atoms with E-state index in [2.05, 4.69) is 5.32 Å². The molecule has 0 spiro atoms. The number of halogens is 2. The zero-order valence-corrected chi connectivity index (χ0v) is 11.7. The van der Waals surface area contributed by atoms with Gasteiger partial charge in [0.15, 0.2) is 0 Å². The summed E-state index contributed by atoms with van der Waals surface area (Å²) in [5, 5.41) is 3.17. The first-order chi connectivity index (χ1) is 9.38. The normalized spacial score (nSPS) is 10.6. The summed E-state index contributed by atoms with van der Waals surface area (Å²) < 4.78 is 15.5. The molecule has 0 radical (unpaired) electrons. The highest BCUT2D eigenvalue weighted by Crippen LogP contribution is 2.18. The fourth-order valence-electron chi connectivity index (χ4n) is 1.86. The van der Waals surface area contributed by atoms with E-state index in [1.54, 1.807) is 13.1 Å². The van der Waals surface area contributed by atoms with Gasteiger partial charge in [-0.15, -0.1) is 0 Å². The Morgan fingerprint density at radius 1 is 1.25 bits per heavy atom. The van der Waals surface area contributed by atoms with Crippen LogP contribution in [0.3, 0.4) is 0 Å². The van der Waals surface area contributed by atoms with Gasteiger partial charge in [0.05, 0.1) is 5.56 Å². The topological polar surface area (TPSA) is 56.0 Å². The molecule has 0 bridgehead atoms. The van der Waals surface area contributed by atoms with Crippen LogP contribution in [0.5, 0.6) is 0 Å². The lowest BCUT2D eigenvalue weighted by atomic mass is 10.2. The lowest BCUT2D eigenvalue weighted by molar-refractivity contribution is 0.628. The molecule has 1 N–H and O–H groups in total. The molecule has 0 saturated carbocycles. The molecular formula is C13H13ClFN3O2. The SMILES string of the molecule is Cn1cc(CNc2cc(F)cc(Cl)c2)c(=O)n(C)c1=O. The number of aromatic nitrogens is 2. The molecule has 0 atom stereocenters. The first-order valence-electron chi connectivity index (χ1n) is 5.84. The Balaban J connectivity index is 2.28. The lowest BCUT2D eigenvalue weighted by Gasteiger charge is -2.09. The molecule has 5 nitrogen and oxygen atoms in total. The smallest absolute Gasteiger partial charge is 0.330 e. The van der Waals surface area contributed by atoms with E-state index >= 15 is 0 Å². The molecule has 2 rings (SSSR count). The maximum Gasteiger partial charge on any atom is 0.330 e. The Labute approximate surface area is 119 Å². The fraction of sp³-hybridized carbons (Fsp3) is 0.231. The number of anilines is 1. The molecule has 0 amide bonds. The minimum atomic E-state index is -0.464. The number of hydrogen-bond acceptors (Lipinski definition) is 3. The molecule has 1 heterocycles. The summed E-state index contributed by atoms with van der Waals surface area (Å²) in [6.45, 7) is 0.167. The van der Waals surface area contributed by atoms with Crippen LogP contribution in [0.1, 0.15) is 5.56 Å². The Morgan fingerprint density at radius 3 is 2.60 bits per heavy atom. The van der Waals surface area contributed by atoms with Gasteiger partial charge >= 0.3 is 5.69 Å². The first kappa shape index (κ1) is 14.3. The molecule has 0 aliphatic heterocycles. The maximum absolute atomic E-state index is 13.2. The van der Waals surface area contributed by atoms with Crippen LogP contribution in [0.4, 0.5) is 10.1 Å². The average molecular weight is 298 g/mol. The largest absolute Gasteiger partial charge is 0.381 e. The third kappa shape index (κ3) is 2.91. The fourth-order valence-corrected chi connectivity index (χ4v) is 2.08. The second kappa shape index (κ2) is 5.50. The number of nitrogens with zero attached hydrogens (tertiary/aromatic N) is 2. The summed E-state index contributed by atoms with van der Waals surface area (Å²) in [5.41, 5.74) is 0.0801. The van der Waals surface area contributed by atoms with Crippen molar-refractivity contribution in [2.45, 2.75) is 6.54 Å². The zero-order chi connectivity index (χ0) is 14.9. The van der Waals surface area contributed by atoms with Gasteiger partial charge < -0.3 is 9.88 Å². The Morgan fingerprint density at radius 2 is 1.95 bits per heavy atom. The number of rotatable bonds is 3. The van der Waals surface area contributed by atoms with Crippen molar-refractivity contribution in [3.8, 4) is 0 Å². The number of aryl methyl sites for hydroxylation is 1. The van der Waals surface area contributed by atoms with Crippen LogP contribution >= 0.6 is 11.6 Å². The van der Waals surface area contributed by atoms with Gasteiger partial charge in [0.25, 0.3) is 5.56 Å². The van der Waals surface area contributed by atoms with Crippen LogP contribution in [0, 0.1) is 5.82 Å². The van der Waals surface area contributed by atoms with E-state index in [1.165, 1.54) is 29.9 Å². The number of hydrogen-bond donors (Lipinski definition) is 1. The minimum absolute atomic E-state index is 0.167. The Hall–Kier alpha value is -2.08. The Bertz CT molecular complexity index is 747. The molecule has 20 heavy (non-hydrogen) atoms. The van der Waals surface area contributed by atoms with Gasteiger partial charge in [-0.2, -0.15) is 0 Å². The van der Waals surface area contributed by atoms with Gasteiger partial charge in [0.1, 0.15) is 5.82 Å². The van der Waals surface area contributed by atoms with Crippen LogP contribution < -0.4 is 16.6 Å². The molecule has 1 aromatic carbocycles. The van der Waals surface area contributed by atoms with Crippen LogP contribution in [0.2, 0.25) is 5.02 Å². The summed E-state index contributed by atoms with van der Waals surface area (Å²) in [5.74, 6) is -0.464. The van der Waals surface area contributed by atoms with E-state index in [9.17, 15) is 14.0 Å². The quantitative estimate of drug-likeness (QED) is 0.934. The van der Waals surface area contributed by atoms with Crippen molar-refractivity contribution in [2.24, 2.45) is 14.1 Å². The second-order valence-corrected chi connectivity index (χ2v) is 4.86.